The molecule has 5 aliphatic rings. The summed E-state index contributed by atoms with van der Waals surface area (Å²) in [4.78, 5) is 64.2. The molecule has 0 saturated heterocycles. The van der Waals surface area contributed by atoms with Gasteiger partial charge in [0.25, 0.3) is 0 Å². The second-order valence-corrected chi connectivity index (χ2v) is 17.1. The molecule has 48 heavy (non-hydrogen) atoms. The number of hydrogen-bond donors (Lipinski definition) is 2. The Morgan fingerprint density at radius 2 is 1.65 bits per heavy atom. The summed E-state index contributed by atoms with van der Waals surface area (Å²) >= 11 is 0. The molecule has 5 aliphatic carbocycles. The quantitative estimate of drug-likeness (QED) is 0.331. The van der Waals surface area contributed by atoms with Crippen LogP contribution in [-0.4, -0.2) is 40.6 Å². The van der Waals surface area contributed by atoms with Gasteiger partial charge in [-0.1, -0.05) is 33.3 Å². The van der Waals surface area contributed by atoms with Crippen LogP contribution < -0.4 is 11.1 Å². The minimum absolute atomic E-state index is 0.0250. The van der Waals surface area contributed by atoms with Crippen LogP contribution in [-0.2, 0) is 30.5 Å². The monoisotopic (exact) mass is 669 g/mol. The van der Waals surface area contributed by atoms with Gasteiger partial charge < -0.3 is 28.7 Å². The summed E-state index contributed by atoms with van der Waals surface area (Å²) in [5.74, 6) is -2.02. The molecule has 1 unspecified atom stereocenters. The summed E-state index contributed by atoms with van der Waals surface area (Å²) in [6, 6.07) is 0. The predicted molar refractivity (Wildman–Crippen MR) is 173 cm³/mol. The maximum Gasteiger partial charge on any atom is 0.519 e. The van der Waals surface area contributed by atoms with Gasteiger partial charge in [0.2, 0.25) is 5.91 Å². The number of carbonyl (C=O) groups is 4. The lowest BCUT2D eigenvalue weighted by atomic mass is 9.34. The fourth-order valence-corrected chi connectivity index (χ4v) is 11.5. The number of carboxylic acid groups (broad SMARTS) is 1. The van der Waals surface area contributed by atoms with E-state index < -0.39 is 40.4 Å². The van der Waals surface area contributed by atoms with Crippen molar-refractivity contribution in [2.24, 2.45) is 44.8 Å². The average Bonchev–Trinajstić information content (AvgIpc) is 3.31. The van der Waals surface area contributed by atoms with Gasteiger partial charge in [-0.25, -0.2) is 9.59 Å². The number of rotatable bonds is 5. The van der Waals surface area contributed by atoms with Gasteiger partial charge in [-0.2, -0.15) is 0 Å². The molecule has 10 atom stereocenters. The Labute approximate surface area is 281 Å². The Morgan fingerprint density at radius 3 is 2.27 bits per heavy atom. The third kappa shape index (κ3) is 4.91. The molecule has 0 bridgehead atoms. The van der Waals surface area contributed by atoms with Gasteiger partial charge in [-0.05, 0) is 118 Å². The molecule has 1 amide bonds. The molecule has 4 fully saturated rings. The zero-order chi connectivity index (χ0) is 35.2. The third-order valence-corrected chi connectivity index (χ3v) is 14.5. The summed E-state index contributed by atoms with van der Waals surface area (Å²) in [7, 11) is 0. The molecule has 11 heteroatoms. The molecule has 1 aromatic rings. The van der Waals surface area contributed by atoms with Crippen molar-refractivity contribution in [2.45, 2.75) is 131 Å². The smallest absolute Gasteiger partial charge is 0.481 e. The molecule has 1 aromatic heterocycles. The molecule has 0 spiro atoms. The zero-order valence-corrected chi connectivity index (χ0v) is 29.6. The van der Waals surface area contributed by atoms with Gasteiger partial charge in [-0.15, -0.1) is 0 Å². The first-order valence-corrected chi connectivity index (χ1v) is 17.4. The average molecular weight is 670 g/mol. The van der Waals surface area contributed by atoms with Crippen molar-refractivity contribution in [3.63, 3.8) is 0 Å². The third-order valence-electron chi connectivity index (χ3n) is 14.5. The highest BCUT2D eigenvalue weighted by Crippen LogP contribution is 2.74. The molecule has 0 aliphatic heterocycles. The Morgan fingerprint density at radius 1 is 0.958 bits per heavy atom. The summed E-state index contributed by atoms with van der Waals surface area (Å²) in [5.41, 5.74) is -1.89. The Hall–Kier alpha value is -3.37. The molecule has 0 radical (unpaired) electrons. The molecule has 11 nitrogen and oxygen atoms in total. The van der Waals surface area contributed by atoms with Crippen molar-refractivity contribution in [1.29, 1.82) is 0 Å². The fraction of sp³-hybridized carbons (Fsp3) is 0.757. The lowest BCUT2D eigenvalue weighted by molar-refractivity contribution is -0.195. The number of hydrogen-bond acceptors (Lipinski definition) is 9. The van der Waals surface area contributed by atoms with Crippen LogP contribution in [0.15, 0.2) is 25.3 Å². The van der Waals surface area contributed by atoms with Gasteiger partial charge in [0.1, 0.15) is 6.10 Å². The van der Waals surface area contributed by atoms with Gasteiger partial charge in [0.15, 0.2) is 23.9 Å². The topological polar surface area (TPSA) is 162 Å². The fourth-order valence-electron chi connectivity index (χ4n) is 11.5. The first-order chi connectivity index (χ1) is 22.2. The number of allylic oxidation sites excluding steroid dienone is 2. The van der Waals surface area contributed by atoms with Crippen molar-refractivity contribution in [1.82, 2.24) is 5.32 Å². The normalized spacial score (nSPS) is 43.4. The number of fused-ring (bicyclic) bond motifs is 7. The first kappa shape index (κ1) is 34.5. The number of ketones is 1. The summed E-state index contributed by atoms with van der Waals surface area (Å²) in [5, 5.41) is 13.3. The van der Waals surface area contributed by atoms with E-state index in [1.165, 1.54) is 13.8 Å². The number of aryl methyl sites for hydroxylation is 1. The number of carbonyl (C=O) groups excluding carboxylic acids is 3. The lowest BCUT2D eigenvalue weighted by Crippen LogP contribution is -2.72. The van der Waals surface area contributed by atoms with Crippen LogP contribution in [0.2, 0.25) is 0 Å². The van der Waals surface area contributed by atoms with Gasteiger partial charge in [0.05, 0.1) is 11.0 Å². The Kier molecular flexibility index (Phi) is 7.95. The summed E-state index contributed by atoms with van der Waals surface area (Å²) in [6.45, 7) is 15.5. The van der Waals surface area contributed by atoms with Crippen molar-refractivity contribution in [3.05, 3.63) is 33.8 Å². The molecule has 0 aromatic carbocycles. The minimum atomic E-state index is -0.986. The molecule has 1 heterocycles. The number of ether oxygens (including phenoxy) is 2. The Balaban J connectivity index is 1.32. The zero-order valence-electron chi connectivity index (χ0n) is 29.6. The second kappa shape index (κ2) is 11.1. The van der Waals surface area contributed by atoms with E-state index in [0.29, 0.717) is 32.1 Å². The first-order valence-electron chi connectivity index (χ1n) is 17.4. The van der Waals surface area contributed by atoms with E-state index in [4.69, 9.17) is 18.3 Å². The molecule has 2 N–H and O–H groups in total. The maximum atomic E-state index is 14.7. The van der Waals surface area contributed by atoms with Crippen molar-refractivity contribution < 1.29 is 42.6 Å². The van der Waals surface area contributed by atoms with Gasteiger partial charge >= 0.3 is 17.9 Å². The highest BCUT2D eigenvalue weighted by molar-refractivity contribution is 5.96. The maximum absolute atomic E-state index is 14.7. The van der Waals surface area contributed by atoms with E-state index in [9.17, 15) is 29.1 Å². The van der Waals surface area contributed by atoms with Crippen LogP contribution >= 0.6 is 0 Å². The number of aliphatic carboxylic acids is 1. The van der Waals surface area contributed by atoms with Crippen LogP contribution in [0.3, 0.4) is 0 Å². The predicted octanol–water partition coefficient (Wildman–Crippen LogP) is 6.50. The van der Waals surface area contributed by atoms with E-state index in [2.05, 4.69) is 33.0 Å². The number of carboxylic acids is 1. The highest BCUT2D eigenvalue weighted by atomic mass is 16.7. The summed E-state index contributed by atoms with van der Waals surface area (Å²) in [6.07, 6.45) is 6.62. The van der Waals surface area contributed by atoms with Crippen molar-refractivity contribution in [2.75, 3.05) is 0 Å². The largest absolute Gasteiger partial charge is 0.519 e. The molecule has 264 valence electrons. The van der Waals surface area contributed by atoms with E-state index in [1.54, 1.807) is 0 Å². The van der Waals surface area contributed by atoms with E-state index in [-0.39, 0.29) is 63.8 Å². The molecular weight excluding hydrogens is 618 g/mol. The SMILES string of the molecule is CC(=O)N[C@@]1(C)C2CC[C@]3(C)[C@H](C(=O)C=C4[C@@H]5C[C@@](C)(C(=O)O)CC[C@]5(C)CC[C@]43C)[C@@]2(C)CC[C@@H]1OC(=O)OCc1oc(=O)oc1C. The minimum Gasteiger partial charge on any atom is -0.481 e. The Bertz CT molecular complexity index is 1640. The van der Waals surface area contributed by atoms with Crippen molar-refractivity contribution >= 4 is 23.8 Å². The molecule has 6 rings (SSSR count). The van der Waals surface area contributed by atoms with E-state index in [1.807, 2.05) is 19.9 Å². The lowest BCUT2D eigenvalue weighted by Gasteiger charge is -2.70. The van der Waals surface area contributed by atoms with Crippen LogP contribution in [0.4, 0.5) is 4.79 Å². The van der Waals surface area contributed by atoms with E-state index in [0.717, 1.165) is 31.3 Å². The second-order valence-electron chi connectivity index (χ2n) is 17.1. The summed E-state index contributed by atoms with van der Waals surface area (Å²) < 4.78 is 21.0. The van der Waals surface area contributed by atoms with E-state index >= 15 is 0 Å². The molecular formula is C37H51NO10. The standard InChI is InChI=1S/C37H51NO10/c1-20-25(47-31(44)46-20)19-45-30(43)48-27-10-11-34(5)26(37(27,8)38-21(2)39)9-12-36(7)28(34)24(40)17-22-23-18-33(4,29(41)42)14-13-32(23,3)15-16-35(22,36)6/h17,23,26-28H,9-16,18-19H2,1-8H3,(H,38,39)(H,41,42)/t23-,26?,27-,28+,32+,33-,34-,35+,36+,37-/m0/s1. The van der Waals surface area contributed by atoms with Crippen LogP contribution in [0.25, 0.3) is 0 Å². The highest BCUT2D eigenvalue weighted by Gasteiger charge is 2.71. The van der Waals surface area contributed by atoms with Crippen LogP contribution in [0.1, 0.15) is 118 Å². The number of nitrogens with one attached hydrogen (secondary N) is 1. The molecule has 4 saturated carbocycles. The van der Waals surface area contributed by atoms with Crippen LogP contribution in [0.5, 0.6) is 0 Å². The van der Waals surface area contributed by atoms with Gasteiger partial charge in [0, 0.05) is 12.8 Å². The number of amides is 1. The van der Waals surface area contributed by atoms with Crippen molar-refractivity contribution in [3.8, 4) is 0 Å². The van der Waals surface area contributed by atoms with Gasteiger partial charge in [-0.3, -0.25) is 14.4 Å². The van der Waals surface area contributed by atoms with Crippen LogP contribution in [0, 0.1) is 51.8 Å².